The number of aryl methyl sites for hydroxylation is 2. The van der Waals surface area contributed by atoms with E-state index < -0.39 is 11.5 Å². The van der Waals surface area contributed by atoms with Gasteiger partial charge in [0.25, 0.3) is 0 Å². The van der Waals surface area contributed by atoms with E-state index in [1.807, 2.05) is 44.2 Å². The molecule has 0 saturated heterocycles. The molecule has 0 bridgehead atoms. The summed E-state index contributed by atoms with van der Waals surface area (Å²) in [6.07, 6.45) is 0. The van der Waals surface area contributed by atoms with Crippen molar-refractivity contribution in [1.29, 1.82) is 0 Å². The van der Waals surface area contributed by atoms with Gasteiger partial charge in [-0.15, -0.1) is 6.07 Å². The quantitative estimate of drug-likeness (QED) is 0.693. The molecule has 0 heterocycles. The van der Waals surface area contributed by atoms with Crippen LogP contribution in [0.4, 0.5) is 11.4 Å². The fourth-order valence-corrected chi connectivity index (χ4v) is 1.87. The molecule has 119 valence electrons. The molecular formula is C18H21N2O2Y-. The van der Waals surface area contributed by atoms with Crippen molar-refractivity contribution in [3.05, 3.63) is 59.7 Å². The first kappa shape index (κ1) is 19.8. The molecule has 2 aromatic carbocycles. The molecule has 2 aromatic rings. The van der Waals surface area contributed by atoms with Gasteiger partial charge < -0.3 is 15.7 Å². The summed E-state index contributed by atoms with van der Waals surface area (Å²) in [4.78, 5) is 12.2. The zero-order valence-electron chi connectivity index (χ0n) is 13.7. The van der Waals surface area contributed by atoms with E-state index in [9.17, 15) is 9.90 Å². The molecule has 1 atom stereocenters. The molecule has 1 radical (unpaired) electrons. The zero-order valence-corrected chi connectivity index (χ0v) is 16.5. The number of rotatable bonds is 5. The Morgan fingerprint density at radius 2 is 1.74 bits per heavy atom. The predicted octanol–water partition coefficient (Wildman–Crippen LogP) is 2.90. The molecule has 0 aromatic heterocycles. The van der Waals surface area contributed by atoms with Gasteiger partial charge in [-0.25, -0.2) is 0 Å². The number of benzene rings is 2. The number of anilines is 2. The minimum Gasteiger partial charge on any atom is -0.382 e. The van der Waals surface area contributed by atoms with Crippen LogP contribution in [0, 0.1) is 19.9 Å². The van der Waals surface area contributed by atoms with Crippen LogP contribution >= 0.6 is 0 Å². The van der Waals surface area contributed by atoms with Gasteiger partial charge in [0.15, 0.2) is 5.60 Å². The molecular weight excluding hydrogens is 365 g/mol. The smallest absolute Gasteiger partial charge is 0.247 e. The van der Waals surface area contributed by atoms with E-state index in [0.717, 1.165) is 16.8 Å². The van der Waals surface area contributed by atoms with E-state index >= 15 is 0 Å². The Kier molecular flexibility index (Phi) is 7.39. The van der Waals surface area contributed by atoms with Gasteiger partial charge in [-0.2, -0.15) is 23.8 Å². The largest absolute Gasteiger partial charge is 0.382 e. The van der Waals surface area contributed by atoms with Crippen LogP contribution in [0.5, 0.6) is 0 Å². The topological polar surface area (TPSA) is 61.4 Å². The summed E-state index contributed by atoms with van der Waals surface area (Å²) in [5.41, 5.74) is 2.11. The summed E-state index contributed by atoms with van der Waals surface area (Å²) >= 11 is 0. The Labute approximate surface area is 162 Å². The standard InChI is InChI=1S/C18H21N2O2.Y/c1-13-4-8-15(9-5-13)19-12-18(3,22)17(21)20-16-10-6-14(2)7-11-16;/h4-6,8-11,19,22H,12H2,1-3H3,(H,20,21);/q-1;/t18-;/m0./s1. The van der Waals surface area contributed by atoms with Crippen molar-refractivity contribution in [3.63, 3.8) is 0 Å². The van der Waals surface area contributed by atoms with E-state index in [1.165, 1.54) is 6.92 Å². The fraction of sp³-hybridized carbons (Fsp3) is 0.278. The second-order valence-electron chi connectivity index (χ2n) is 5.71. The molecule has 0 unspecified atom stereocenters. The van der Waals surface area contributed by atoms with Crippen LogP contribution in [0.15, 0.2) is 42.5 Å². The van der Waals surface area contributed by atoms with Gasteiger partial charge in [-0.05, 0) is 26.0 Å². The average Bonchev–Trinajstić information content (AvgIpc) is 2.49. The Morgan fingerprint density at radius 1 is 1.13 bits per heavy atom. The van der Waals surface area contributed by atoms with E-state index in [-0.39, 0.29) is 39.3 Å². The third-order valence-corrected chi connectivity index (χ3v) is 3.40. The number of nitrogens with one attached hydrogen (secondary N) is 2. The van der Waals surface area contributed by atoms with E-state index in [1.54, 1.807) is 12.1 Å². The SMILES string of the molecule is Cc1[c-]cc(NC(=O)[C@@](C)(O)CNc2ccc(C)cc2)cc1.[Y]. The summed E-state index contributed by atoms with van der Waals surface area (Å²) in [5.74, 6) is -0.454. The van der Waals surface area contributed by atoms with Crippen molar-refractivity contribution in [3.8, 4) is 0 Å². The molecule has 5 heteroatoms. The summed E-state index contributed by atoms with van der Waals surface area (Å²) in [5, 5.41) is 16.1. The number of hydrogen-bond acceptors (Lipinski definition) is 3. The summed E-state index contributed by atoms with van der Waals surface area (Å²) in [6.45, 7) is 5.54. The maximum absolute atomic E-state index is 12.2. The van der Waals surface area contributed by atoms with Crippen LogP contribution in [0.25, 0.3) is 0 Å². The number of carbonyl (C=O) groups excluding carboxylic acids is 1. The maximum atomic E-state index is 12.2. The van der Waals surface area contributed by atoms with E-state index in [0.29, 0.717) is 5.69 Å². The summed E-state index contributed by atoms with van der Waals surface area (Å²) < 4.78 is 0. The fourth-order valence-electron chi connectivity index (χ4n) is 1.87. The second kappa shape index (κ2) is 8.58. The predicted molar refractivity (Wildman–Crippen MR) is 88.9 cm³/mol. The normalized spacial score (nSPS) is 12.7. The van der Waals surface area contributed by atoms with Crippen molar-refractivity contribution in [1.82, 2.24) is 0 Å². The van der Waals surface area contributed by atoms with Crippen LogP contribution in [0.3, 0.4) is 0 Å². The third-order valence-electron chi connectivity index (χ3n) is 3.40. The van der Waals surface area contributed by atoms with E-state index in [2.05, 4.69) is 16.7 Å². The molecule has 0 aliphatic rings. The van der Waals surface area contributed by atoms with Crippen LogP contribution in [-0.2, 0) is 37.5 Å². The zero-order chi connectivity index (χ0) is 16.2. The first-order chi connectivity index (χ1) is 10.4. The molecule has 0 fully saturated rings. The van der Waals surface area contributed by atoms with Crippen molar-refractivity contribution in [2.24, 2.45) is 0 Å². The third kappa shape index (κ3) is 6.06. The number of aliphatic hydroxyl groups is 1. The van der Waals surface area contributed by atoms with Crippen LogP contribution in [0.2, 0.25) is 0 Å². The molecule has 0 aliphatic heterocycles. The first-order valence-electron chi connectivity index (χ1n) is 7.19. The van der Waals surface area contributed by atoms with Gasteiger partial charge in [0.2, 0.25) is 5.91 Å². The van der Waals surface area contributed by atoms with Gasteiger partial charge in [-0.3, -0.25) is 4.79 Å². The molecule has 3 N–H and O–H groups in total. The van der Waals surface area contributed by atoms with Crippen LogP contribution in [-0.4, -0.2) is 23.2 Å². The molecule has 23 heavy (non-hydrogen) atoms. The molecule has 4 nitrogen and oxygen atoms in total. The van der Waals surface area contributed by atoms with Gasteiger partial charge in [0, 0.05) is 38.4 Å². The maximum Gasteiger partial charge on any atom is 0.247 e. The summed E-state index contributed by atoms with van der Waals surface area (Å²) in [7, 11) is 0. The van der Waals surface area contributed by atoms with Crippen molar-refractivity contribution >= 4 is 17.3 Å². The monoisotopic (exact) mass is 386 g/mol. The Hall–Kier alpha value is -1.23. The summed E-state index contributed by atoms with van der Waals surface area (Å²) in [6, 6.07) is 16.1. The molecule has 0 aliphatic carbocycles. The Balaban J connectivity index is 0.00000264. The van der Waals surface area contributed by atoms with Crippen molar-refractivity contribution in [2.75, 3.05) is 17.2 Å². The molecule has 2 rings (SSSR count). The van der Waals surface area contributed by atoms with Gasteiger partial charge in [-0.1, -0.05) is 30.3 Å². The van der Waals surface area contributed by atoms with Crippen molar-refractivity contribution in [2.45, 2.75) is 26.4 Å². The van der Waals surface area contributed by atoms with E-state index in [4.69, 9.17) is 0 Å². The minimum atomic E-state index is -1.52. The van der Waals surface area contributed by atoms with Crippen LogP contribution in [0.1, 0.15) is 18.1 Å². The van der Waals surface area contributed by atoms with Gasteiger partial charge in [0.05, 0.1) is 6.54 Å². The number of carbonyl (C=O) groups is 1. The second-order valence-corrected chi connectivity index (χ2v) is 5.71. The molecule has 0 spiro atoms. The Morgan fingerprint density at radius 3 is 2.30 bits per heavy atom. The molecule has 1 amide bonds. The number of hydrogen-bond donors (Lipinski definition) is 3. The van der Waals surface area contributed by atoms with Gasteiger partial charge >= 0.3 is 0 Å². The van der Waals surface area contributed by atoms with Crippen molar-refractivity contribution < 1.29 is 42.6 Å². The number of amides is 1. The van der Waals surface area contributed by atoms with Crippen LogP contribution < -0.4 is 10.6 Å². The average molecular weight is 386 g/mol. The Bertz CT molecular complexity index is 637. The first-order valence-corrected chi connectivity index (χ1v) is 7.19. The molecule has 0 saturated carbocycles. The van der Waals surface area contributed by atoms with Gasteiger partial charge in [0.1, 0.15) is 0 Å². The minimum absolute atomic E-state index is 0.